The van der Waals surface area contributed by atoms with E-state index >= 15 is 0 Å². The first-order valence-electron chi connectivity index (χ1n) is 5.81. The Bertz CT molecular complexity index is 317. The molecule has 2 atom stereocenters. The molecule has 1 aliphatic rings. The Hall–Kier alpha value is -0.180. The van der Waals surface area contributed by atoms with Crippen LogP contribution in [0.5, 0.6) is 0 Å². The first-order chi connectivity index (χ1) is 7.79. The summed E-state index contributed by atoms with van der Waals surface area (Å²) in [6.07, 6.45) is 1.08. The van der Waals surface area contributed by atoms with Crippen LogP contribution >= 0.6 is 24.2 Å². The molecule has 0 saturated carbocycles. The largest absolute Gasteiger partial charge is 0.299 e. The molecule has 0 radical (unpaired) electrons. The van der Waals surface area contributed by atoms with Crippen LogP contribution < -0.4 is 0 Å². The Kier molecular flexibility index (Phi) is 4.56. The van der Waals surface area contributed by atoms with Gasteiger partial charge in [-0.2, -0.15) is 12.6 Å². The summed E-state index contributed by atoms with van der Waals surface area (Å²) in [6.45, 7) is 3.22. The minimum absolute atomic E-state index is 0.310. The number of nitrogens with zero attached hydrogens (tertiary/aromatic N) is 1. The molecule has 0 N–H and O–H groups in total. The highest BCUT2D eigenvalue weighted by Gasteiger charge is 2.26. The molecule has 1 nitrogen and oxygen atoms in total. The normalized spacial score (nSPS) is 26.9. The Balaban J connectivity index is 1.92. The lowest BCUT2D eigenvalue weighted by atomic mass is 9.99. The SMILES string of the molecule is SCC1CN(Cc2ccccc2)CCC1Cl. The van der Waals surface area contributed by atoms with Gasteiger partial charge in [0.15, 0.2) is 0 Å². The first kappa shape index (κ1) is 12.3. The molecular formula is C13H18ClNS. The average molecular weight is 256 g/mol. The van der Waals surface area contributed by atoms with E-state index in [2.05, 4.69) is 47.9 Å². The first-order valence-corrected chi connectivity index (χ1v) is 6.87. The highest BCUT2D eigenvalue weighted by molar-refractivity contribution is 7.80. The molecule has 0 aromatic heterocycles. The van der Waals surface area contributed by atoms with E-state index in [0.717, 1.165) is 31.8 Å². The van der Waals surface area contributed by atoms with Crippen LogP contribution in [0.15, 0.2) is 30.3 Å². The van der Waals surface area contributed by atoms with Crippen molar-refractivity contribution in [3.05, 3.63) is 35.9 Å². The number of rotatable bonds is 3. The van der Waals surface area contributed by atoms with Crippen molar-refractivity contribution in [3.63, 3.8) is 0 Å². The zero-order chi connectivity index (χ0) is 11.4. The maximum atomic E-state index is 6.28. The molecule has 1 fully saturated rings. The van der Waals surface area contributed by atoms with Crippen LogP contribution in [0.3, 0.4) is 0 Å². The second-order valence-electron chi connectivity index (χ2n) is 4.47. The van der Waals surface area contributed by atoms with Gasteiger partial charge in [0, 0.05) is 18.5 Å². The maximum absolute atomic E-state index is 6.28. The van der Waals surface area contributed by atoms with Gasteiger partial charge in [-0.3, -0.25) is 4.90 Å². The van der Waals surface area contributed by atoms with Crippen molar-refractivity contribution in [2.75, 3.05) is 18.8 Å². The van der Waals surface area contributed by atoms with Crippen molar-refractivity contribution < 1.29 is 0 Å². The van der Waals surface area contributed by atoms with E-state index < -0.39 is 0 Å². The highest BCUT2D eigenvalue weighted by atomic mass is 35.5. The fraction of sp³-hybridized carbons (Fsp3) is 0.538. The molecule has 88 valence electrons. The molecule has 1 saturated heterocycles. The second-order valence-corrected chi connectivity index (χ2v) is 5.39. The van der Waals surface area contributed by atoms with Gasteiger partial charge < -0.3 is 0 Å². The maximum Gasteiger partial charge on any atom is 0.0396 e. The molecule has 16 heavy (non-hydrogen) atoms. The summed E-state index contributed by atoms with van der Waals surface area (Å²) in [7, 11) is 0. The number of halogens is 1. The smallest absolute Gasteiger partial charge is 0.0396 e. The molecule has 1 aliphatic heterocycles. The van der Waals surface area contributed by atoms with Crippen molar-refractivity contribution in [2.45, 2.75) is 18.3 Å². The van der Waals surface area contributed by atoms with Crippen LogP contribution in [0.1, 0.15) is 12.0 Å². The molecular weight excluding hydrogens is 238 g/mol. The number of thiol groups is 1. The van der Waals surface area contributed by atoms with E-state index in [0.29, 0.717) is 11.3 Å². The van der Waals surface area contributed by atoms with Gasteiger partial charge in [-0.15, -0.1) is 11.6 Å². The van der Waals surface area contributed by atoms with E-state index in [9.17, 15) is 0 Å². The van der Waals surface area contributed by atoms with E-state index in [1.807, 2.05) is 0 Å². The number of benzene rings is 1. The molecule has 2 unspecified atom stereocenters. The summed E-state index contributed by atoms with van der Waals surface area (Å²) >= 11 is 10.7. The summed E-state index contributed by atoms with van der Waals surface area (Å²) in [4.78, 5) is 2.48. The lowest BCUT2D eigenvalue weighted by molar-refractivity contribution is 0.182. The molecule has 1 aromatic rings. The lowest BCUT2D eigenvalue weighted by Crippen LogP contribution is -2.41. The summed E-state index contributed by atoms with van der Waals surface area (Å²) < 4.78 is 0. The van der Waals surface area contributed by atoms with E-state index in [1.165, 1.54) is 5.56 Å². The second kappa shape index (κ2) is 5.95. The molecule has 1 heterocycles. The van der Waals surface area contributed by atoms with Crippen LogP contribution in [-0.4, -0.2) is 29.1 Å². The zero-order valence-corrected chi connectivity index (χ0v) is 11.0. The number of alkyl halides is 1. The lowest BCUT2D eigenvalue weighted by Gasteiger charge is -2.35. The number of hydrogen-bond donors (Lipinski definition) is 1. The zero-order valence-electron chi connectivity index (χ0n) is 9.35. The van der Waals surface area contributed by atoms with Gasteiger partial charge in [-0.1, -0.05) is 30.3 Å². The monoisotopic (exact) mass is 255 g/mol. The Morgan fingerprint density at radius 2 is 2.06 bits per heavy atom. The van der Waals surface area contributed by atoms with Crippen LogP contribution in [-0.2, 0) is 6.54 Å². The third-order valence-electron chi connectivity index (χ3n) is 3.21. The minimum Gasteiger partial charge on any atom is -0.299 e. The molecule has 0 bridgehead atoms. The van der Waals surface area contributed by atoms with Crippen LogP contribution in [0, 0.1) is 5.92 Å². The van der Waals surface area contributed by atoms with Crippen molar-refractivity contribution in [3.8, 4) is 0 Å². The number of hydrogen-bond acceptors (Lipinski definition) is 2. The molecule has 2 rings (SSSR count). The van der Waals surface area contributed by atoms with Crippen molar-refractivity contribution in [2.24, 2.45) is 5.92 Å². The van der Waals surface area contributed by atoms with Gasteiger partial charge in [0.2, 0.25) is 0 Å². The molecule has 3 heteroatoms. The fourth-order valence-electron chi connectivity index (χ4n) is 2.24. The standard InChI is InChI=1S/C13H18ClNS/c14-13-6-7-15(9-12(13)10-16)8-11-4-2-1-3-5-11/h1-5,12-13,16H,6-10H2. The average Bonchev–Trinajstić information content (AvgIpc) is 2.33. The van der Waals surface area contributed by atoms with Crippen molar-refractivity contribution >= 4 is 24.2 Å². The summed E-state index contributed by atoms with van der Waals surface area (Å²) in [5.74, 6) is 1.42. The molecule has 0 aliphatic carbocycles. The van der Waals surface area contributed by atoms with E-state index in [4.69, 9.17) is 11.6 Å². The van der Waals surface area contributed by atoms with Crippen molar-refractivity contribution in [1.29, 1.82) is 0 Å². The van der Waals surface area contributed by atoms with E-state index in [-0.39, 0.29) is 0 Å². The predicted molar refractivity (Wildman–Crippen MR) is 73.3 cm³/mol. The summed E-state index contributed by atoms with van der Waals surface area (Å²) in [5, 5.41) is 0.310. The number of piperidine rings is 1. The quantitative estimate of drug-likeness (QED) is 0.642. The van der Waals surface area contributed by atoms with Crippen molar-refractivity contribution in [1.82, 2.24) is 4.90 Å². The predicted octanol–water partition coefficient (Wildman–Crippen LogP) is 3.05. The van der Waals surface area contributed by atoms with Gasteiger partial charge in [0.1, 0.15) is 0 Å². The summed E-state index contributed by atoms with van der Waals surface area (Å²) in [6, 6.07) is 10.6. The third kappa shape index (κ3) is 3.16. The van der Waals surface area contributed by atoms with E-state index in [1.54, 1.807) is 0 Å². The topological polar surface area (TPSA) is 3.24 Å². The minimum atomic E-state index is 0.310. The Labute approximate surface area is 108 Å². The van der Waals surface area contributed by atoms with Crippen LogP contribution in [0.2, 0.25) is 0 Å². The Morgan fingerprint density at radius 3 is 2.75 bits per heavy atom. The summed E-state index contributed by atoms with van der Waals surface area (Å²) in [5.41, 5.74) is 1.38. The fourth-order valence-corrected chi connectivity index (χ4v) is 3.00. The molecule has 0 amide bonds. The van der Waals surface area contributed by atoms with Crippen LogP contribution in [0.4, 0.5) is 0 Å². The van der Waals surface area contributed by atoms with Gasteiger partial charge in [-0.05, 0) is 30.2 Å². The van der Waals surface area contributed by atoms with Gasteiger partial charge in [0.05, 0.1) is 0 Å². The Morgan fingerprint density at radius 1 is 1.31 bits per heavy atom. The number of likely N-dealkylation sites (tertiary alicyclic amines) is 1. The van der Waals surface area contributed by atoms with Gasteiger partial charge >= 0.3 is 0 Å². The highest BCUT2D eigenvalue weighted by Crippen LogP contribution is 2.24. The van der Waals surface area contributed by atoms with Crippen LogP contribution in [0.25, 0.3) is 0 Å². The molecule has 1 aromatic carbocycles. The molecule has 0 spiro atoms. The third-order valence-corrected chi connectivity index (χ3v) is 4.25. The van der Waals surface area contributed by atoms with Gasteiger partial charge in [0.25, 0.3) is 0 Å². The van der Waals surface area contributed by atoms with Gasteiger partial charge in [-0.25, -0.2) is 0 Å².